The third-order valence-corrected chi connectivity index (χ3v) is 7.84. The topological polar surface area (TPSA) is 65.8 Å². The van der Waals surface area contributed by atoms with Crippen molar-refractivity contribution >= 4 is 79.4 Å². The van der Waals surface area contributed by atoms with E-state index >= 15 is 0 Å². The van der Waals surface area contributed by atoms with Gasteiger partial charge < -0.3 is 19.5 Å². The number of carbonyl (C=O) groups excluding carboxylic acids is 2. The van der Waals surface area contributed by atoms with Crippen LogP contribution in [0.4, 0.5) is 11.4 Å². The van der Waals surface area contributed by atoms with E-state index in [1.165, 1.54) is 17.6 Å². The smallest absolute Gasteiger partial charge is 0.289 e. The number of nitrogens with zero attached hydrogens (tertiary/aromatic N) is 2. The Morgan fingerprint density at radius 3 is 2.47 bits per heavy atom. The van der Waals surface area contributed by atoms with Gasteiger partial charge >= 0.3 is 0 Å². The van der Waals surface area contributed by atoms with Gasteiger partial charge in [0.05, 0.1) is 22.0 Å². The molecule has 34 heavy (non-hydrogen) atoms. The number of benzene rings is 2. The van der Waals surface area contributed by atoms with Gasteiger partial charge in [-0.2, -0.15) is 0 Å². The summed E-state index contributed by atoms with van der Waals surface area (Å²) in [6.45, 7) is 2.39. The molecule has 174 valence electrons. The number of furan rings is 1. The number of anilines is 2. The molecule has 0 saturated carbocycles. The Labute approximate surface area is 214 Å². The molecule has 4 aromatic rings. The van der Waals surface area contributed by atoms with Crippen LogP contribution in [0, 0.1) is 0 Å². The highest BCUT2D eigenvalue weighted by molar-refractivity contribution is 7.21. The van der Waals surface area contributed by atoms with Crippen molar-refractivity contribution in [2.45, 2.75) is 0 Å². The summed E-state index contributed by atoms with van der Waals surface area (Å²) in [6, 6.07) is 14.1. The highest BCUT2D eigenvalue weighted by Gasteiger charge is 2.25. The van der Waals surface area contributed by atoms with E-state index in [1.807, 2.05) is 6.07 Å². The Kier molecular flexibility index (Phi) is 6.44. The fourth-order valence-corrected chi connectivity index (χ4v) is 5.91. The molecule has 0 bridgehead atoms. The van der Waals surface area contributed by atoms with E-state index < -0.39 is 0 Å². The number of fused-ring (bicyclic) bond motifs is 1. The number of piperazine rings is 1. The molecule has 1 aliphatic heterocycles. The van der Waals surface area contributed by atoms with Crippen molar-refractivity contribution in [3.8, 4) is 0 Å². The van der Waals surface area contributed by atoms with Crippen molar-refractivity contribution < 1.29 is 14.0 Å². The minimum Gasteiger partial charge on any atom is -0.459 e. The number of rotatable bonds is 4. The summed E-state index contributed by atoms with van der Waals surface area (Å²) >= 11 is 20.3. The predicted octanol–water partition coefficient (Wildman–Crippen LogP) is 6.67. The Hall–Kier alpha value is -2.71. The SMILES string of the molecule is O=C(Nc1ccc(N2CCN(C(=O)c3ccco3)CC2)c(Cl)c1)c1sc2cc(Cl)ccc2c1Cl. The summed E-state index contributed by atoms with van der Waals surface area (Å²) in [5.41, 5.74) is 1.41. The molecule has 0 radical (unpaired) electrons. The van der Waals surface area contributed by atoms with Gasteiger partial charge in [-0.1, -0.05) is 40.9 Å². The molecule has 6 nitrogen and oxygen atoms in total. The minimum atomic E-state index is -0.309. The minimum absolute atomic E-state index is 0.115. The van der Waals surface area contributed by atoms with E-state index in [0.717, 1.165) is 15.8 Å². The van der Waals surface area contributed by atoms with Crippen molar-refractivity contribution in [2.24, 2.45) is 0 Å². The maximum absolute atomic E-state index is 12.9. The highest BCUT2D eigenvalue weighted by Crippen LogP contribution is 2.37. The normalized spacial score (nSPS) is 14.0. The lowest BCUT2D eigenvalue weighted by molar-refractivity contribution is 0.0714. The third-order valence-electron chi connectivity index (χ3n) is 5.64. The Bertz CT molecular complexity index is 1380. The van der Waals surface area contributed by atoms with Crippen LogP contribution in [0.5, 0.6) is 0 Å². The first kappa shape index (κ1) is 23.1. The Morgan fingerprint density at radius 1 is 0.971 bits per heavy atom. The standard InChI is InChI=1S/C24H18Cl3N3O3S/c25-14-3-5-16-20(12-14)34-22(21(16)27)23(31)28-15-4-6-18(17(26)13-15)29-7-9-30(10-8-29)24(32)19-2-1-11-33-19/h1-6,11-13H,7-10H2,(H,28,31). The van der Waals surface area contributed by atoms with Gasteiger partial charge in [-0.3, -0.25) is 9.59 Å². The quantitative estimate of drug-likeness (QED) is 0.318. The summed E-state index contributed by atoms with van der Waals surface area (Å²) < 4.78 is 6.06. The number of amides is 2. The van der Waals surface area contributed by atoms with Gasteiger partial charge in [-0.25, -0.2) is 0 Å². The second-order valence-electron chi connectivity index (χ2n) is 7.76. The summed E-state index contributed by atoms with van der Waals surface area (Å²) in [6.07, 6.45) is 1.49. The van der Waals surface area contributed by atoms with Crippen LogP contribution in [0.15, 0.2) is 59.2 Å². The van der Waals surface area contributed by atoms with Gasteiger partial charge in [0.25, 0.3) is 11.8 Å². The lowest BCUT2D eigenvalue weighted by Gasteiger charge is -2.36. The van der Waals surface area contributed by atoms with E-state index in [1.54, 1.807) is 47.4 Å². The van der Waals surface area contributed by atoms with E-state index in [4.69, 9.17) is 39.2 Å². The van der Waals surface area contributed by atoms with Crippen LogP contribution in [0.25, 0.3) is 10.1 Å². The van der Waals surface area contributed by atoms with Crippen LogP contribution in [0.3, 0.4) is 0 Å². The summed E-state index contributed by atoms with van der Waals surface area (Å²) in [4.78, 5) is 29.6. The van der Waals surface area contributed by atoms with Gasteiger partial charge in [0.15, 0.2) is 5.76 Å². The molecule has 0 atom stereocenters. The van der Waals surface area contributed by atoms with E-state index in [0.29, 0.717) is 57.6 Å². The Morgan fingerprint density at radius 2 is 1.76 bits per heavy atom. The van der Waals surface area contributed by atoms with Crippen molar-refractivity contribution in [2.75, 3.05) is 36.4 Å². The highest BCUT2D eigenvalue weighted by atomic mass is 35.5. The van der Waals surface area contributed by atoms with Gasteiger partial charge in [-0.05, 0) is 42.5 Å². The first-order valence-corrected chi connectivity index (χ1v) is 12.4. The molecule has 10 heteroatoms. The zero-order valence-electron chi connectivity index (χ0n) is 17.7. The second kappa shape index (κ2) is 9.50. The zero-order valence-corrected chi connectivity index (χ0v) is 20.8. The number of hydrogen-bond donors (Lipinski definition) is 1. The molecule has 0 unspecified atom stereocenters. The molecule has 1 aliphatic rings. The maximum Gasteiger partial charge on any atom is 0.289 e. The molecule has 5 rings (SSSR count). The van der Waals surface area contributed by atoms with Gasteiger partial charge in [0, 0.05) is 47.0 Å². The van der Waals surface area contributed by atoms with E-state index in [-0.39, 0.29) is 11.8 Å². The number of halogens is 3. The molecule has 1 fully saturated rings. The van der Waals surface area contributed by atoms with Gasteiger partial charge in [-0.15, -0.1) is 11.3 Å². The van der Waals surface area contributed by atoms with Gasteiger partial charge in [0.2, 0.25) is 0 Å². The fraction of sp³-hybridized carbons (Fsp3) is 0.167. The molecule has 1 N–H and O–H groups in total. The molecule has 1 saturated heterocycles. The molecule has 2 aromatic heterocycles. The fourth-order valence-electron chi connectivity index (χ4n) is 3.92. The van der Waals surface area contributed by atoms with Gasteiger partial charge in [0.1, 0.15) is 4.88 Å². The van der Waals surface area contributed by atoms with Crippen molar-refractivity contribution in [3.05, 3.63) is 80.5 Å². The zero-order chi connectivity index (χ0) is 23.8. The van der Waals surface area contributed by atoms with Crippen molar-refractivity contribution in [3.63, 3.8) is 0 Å². The second-order valence-corrected chi connectivity index (χ2v) is 10.0. The van der Waals surface area contributed by atoms with Crippen LogP contribution in [0.2, 0.25) is 15.1 Å². The van der Waals surface area contributed by atoms with E-state index in [2.05, 4.69) is 10.2 Å². The monoisotopic (exact) mass is 533 g/mol. The molecule has 2 amide bonds. The average Bonchev–Trinajstić information content (AvgIpc) is 3.47. The number of hydrogen-bond acceptors (Lipinski definition) is 5. The van der Waals surface area contributed by atoms with Crippen LogP contribution < -0.4 is 10.2 Å². The molecule has 2 aromatic carbocycles. The maximum atomic E-state index is 12.9. The number of thiophene rings is 1. The number of carbonyl (C=O) groups is 2. The number of nitrogens with one attached hydrogen (secondary N) is 1. The lowest BCUT2D eigenvalue weighted by Crippen LogP contribution is -2.48. The van der Waals surface area contributed by atoms with Crippen LogP contribution >= 0.6 is 46.1 Å². The van der Waals surface area contributed by atoms with Crippen LogP contribution in [-0.2, 0) is 0 Å². The molecule has 3 heterocycles. The van der Waals surface area contributed by atoms with Crippen LogP contribution in [0.1, 0.15) is 20.2 Å². The first-order chi connectivity index (χ1) is 16.4. The predicted molar refractivity (Wildman–Crippen MR) is 138 cm³/mol. The molecule has 0 spiro atoms. The first-order valence-electron chi connectivity index (χ1n) is 10.5. The molecule has 0 aliphatic carbocycles. The summed E-state index contributed by atoms with van der Waals surface area (Å²) in [7, 11) is 0. The third kappa shape index (κ3) is 4.49. The summed E-state index contributed by atoms with van der Waals surface area (Å²) in [5.74, 6) is -0.0828. The lowest BCUT2D eigenvalue weighted by atomic mass is 10.2. The van der Waals surface area contributed by atoms with Crippen molar-refractivity contribution in [1.29, 1.82) is 0 Å². The average molecular weight is 535 g/mol. The van der Waals surface area contributed by atoms with E-state index in [9.17, 15) is 9.59 Å². The largest absolute Gasteiger partial charge is 0.459 e. The van der Waals surface area contributed by atoms with Crippen molar-refractivity contribution in [1.82, 2.24) is 4.90 Å². The van der Waals surface area contributed by atoms with Crippen LogP contribution in [-0.4, -0.2) is 42.9 Å². The Balaban J connectivity index is 1.26. The summed E-state index contributed by atoms with van der Waals surface area (Å²) in [5, 5.41) is 5.16. The molecular weight excluding hydrogens is 517 g/mol. The molecular formula is C24H18Cl3N3O3S.